The zero-order valence-corrected chi connectivity index (χ0v) is 19.0. The zero-order chi connectivity index (χ0) is 24.9. The van der Waals surface area contributed by atoms with Crippen molar-refractivity contribution in [2.45, 2.75) is 40.2 Å². The van der Waals surface area contributed by atoms with Gasteiger partial charge in [-0.15, -0.1) is 0 Å². The summed E-state index contributed by atoms with van der Waals surface area (Å²) in [5.41, 5.74) is -1.54. The minimum Gasteiger partial charge on any atom is -0.300 e. The van der Waals surface area contributed by atoms with Crippen LogP contribution in [0.5, 0.6) is 0 Å². The number of nitro benzene ring substituents is 1. The molecule has 34 heavy (non-hydrogen) atoms. The Morgan fingerprint density at radius 1 is 0.971 bits per heavy atom. The van der Waals surface area contributed by atoms with Gasteiger partial charge in [-0.25, -0.2) is 21.6 Å². The quantitative estimate of drug-likeness (QED) is 0.442. The SMILES string of the molecule is O=[N+]([O-])c1ccccc1S(=O)(=O)N[C@H]1CC[C@@H]2C(S(=O)(=O)c3ccc(C(F)(F)F)cc3)NC[C@H]12. The number of para-hydroxylation sites is 1. The Morgan fingerprint density at radius 2 is 1.62 bits per heavy atom. The first-order chi connectivity index (χ1) is 15.8. The summed E-state index contributed by atoms with van der Waals surface area (Å²) in [6.45, 7) is 0.166. The third-order valence-corrected chi connectivity index (χ3v) is 9.98. The number of nitrogens with zero attached hydrogens (tertiary/aromatic N) is 1. The molecule has 2 aromatic carbocycles. The highest BCUT2D eigenvalue weighted by Gasteiger charge is 2.51. The van der Waals surface area contributed by atoms with E-state index in [0.717, 1.165) is 24.3 Å². The fraction of sp³-hybridized carbons (Fsp3) is 0.400. The fourth-order valence-corrected chi connectivity index (χ4v) is 8.15. The van der Waals surface area contributed by atoms with E-state index in [1.54, 1.807) is 0 Å². The molecule has 14 heteroatoms. The lowest BCUT2D eigenvalue weighted by molar-refractivity contribution is -0.387. The standard InChI is InChI=1S/C20H20F3N3O6S2/c21-20(22,23)12-5-7-13(8-6-12)33(29,30)19-14-9-10-16(15(14)11-24-19)25-34(31,32)18-4-2-1-3-17(18)26(27)28/h1-8,14-16,19,24-25H,9-11H2/t14-,15-,16-,19?/m0/s1. The van der Waals surface area contributed by atoms with E-state index in [0.29, 0.717) is 25.0 Å². The molecule has 1 aliphatic heterocycles. The number of sulfone groups is 1. The summed E-state index contributed by atoms with van der Waals surface area (Å²) >= 11 is 0. The summed E-state index contributed by atoms with van der Waals surface area (Å²) in [5, 5.41) is 13.0. The van der Waals surface area contributed by atoms with Gasteiger partial charge in [0.1, 0.15) is 5.37 Å². The van der Waals surface area contributed by atoms with Gasteiger partial charge < -0.3 is 5.32 Å². The van der Waals surface area contributed by atoms with E-state index < -0.39 is 70.4 Å². The fourth-order valence-electron chi connectivity index (χ4n) is 4.74. The van der Waals surface area contributed by atoms with Crippen molar-refractivity contribution in [2.75, 3.05) is 6.54 Å². The topological polar surface area (TPSA) is 135 Å². The van der Waals surface area contributed by atoms with Crippen molar-refractivity contribution in [3.8, 4) is 0 Å². The van der Waals surface area contributed by atoms with Gasteiger partial charge in [0.15, 0.2) is 14.7 Å². The van der Waals surface area contributed by atoms with Crippen molar-refractivity contribution >= 4 is 25.5 Å². The summed E-state index contributed by atoms with van der Waals surface area (Å²) in [4.78, 5) is 9.69. The smallest absolute Gasteiger partial charge is 0.300 e. The second-order valence-electron chi connectivity index (χ2n) is 8.25. The first kappa shape index (κ1) is 24.6. The number of hydrogen-bond acceptors (Lipinski definition) is 7. The number of rotatable bonds is 6. The van der Waals surface area contributed by atoms with Crippen LogP contribution in [0.25, 0.3) is 0 Å². The number of alkyl halides is 3. The van der Waals surface area contributed by atoms with Crippen LogP contribution in [0.2, 0.25) is 0 Å². The van der Waals surface area contributed by atoms with Gasteiger partial charge in [0.2, 0.25) is 10.0 Å². The van der Waals surface area contributed by atoms with Gasteiger partial charge in [-0.1, -0.05) is 12.1 Å². The van der Waals surface area contributed by atoms with Gasteiger partial charge >= 0.3 is 6.18 Å². The Morgan fingerprint density at radius 3 is 2.24 bits per heavy atom. The highest BCUT2D eigenvalue weighted by molar-refractivity contribution is 7.92. The van der Waals surface area contributed by atoms with Gasteiger partial charge in [0.25, 0.3) is 5.69 Å². The molecule has 1 unspecified atom stereocenters. The van der Waals surface area contributed by atoms with Crippen LogP contribution < -0.4 is 10.0 Å². The zero-order valence-electron chi connectivity index (χ0n) is 17.4. The Labute approximate surface area is 193 Å². The predicted octanol–water partition coefficient (Wildman–Crippen LogP) is 2.69. The lowest BCUT2D eigenvalue weighted by atomic mass is 9.98. The second-order valence-corrected chi connectivity index (χ2v) is 12.0. The minimum atomic E-state index is -4.59. The molecule has 0 aromatic heterocycles. The van der Waals surface area contributed by atoms with Crippen LogP contribution in [0.4, 0.5) is 18.9 Å². The van der Waals surface area contributed by atoms with Crippen LogP contribution >= 0.6 is 0 Å². The van der Waals surface area contributed by atoms with Crippen LogP contribution in [0.3, 0.4) is 0 Å². The van der Waals surface area contributed by atoms with E-state index in [1.807, 2.05) is 0 Å². The maximum Gasteiger partial charge on any atom is 0.416 e. The maximum absolute atomic E-state index is 13.1. The van der Waals surface area contributed by atoms with Crippen LogP contribution in [-0.2, 0) is 26.0 Å². The Kier molecular flexibility index (Phi) is 6.21. The second kappa shape index (κ2) is 8.59. The van der Waals surface area contributed by atoms with Gasteiger partial charge in [-0.2, -0.15) is 13.2 Å². The summed E-state index contributed by atoms with van der Waals surface area (Å²) in [7, 11) is -8.29. The molecular weight excluding hydrogens is 499 g/mol. The van der Waals surface area contributed by atoms with Crippen molar-refractivity contribution in [1.82, 2.24) is 10.0 Å². The molecule has 4 rings (SSSR count). The highest BCUT2D eigenvalue weighted by atomic mass is 32.2. The number of nitrogens with one attached hydrogen (secondary N) is 2. The van der Waals surface area contributed by atoms with E-state index >= 15 is 0 Å². The third-order valence-electron chi connectivity index (χ3n) is 6.32. The van der Waals surface area contributed by atoms with E-state index in [-0.39, 0.29) is 11.4 Å². The maximum atomic E-state index is 13.1. The molecule has 1 saturated carbocycles. The number of sulfonamides is 1. The molecule has 2 aromatic rings. The highest BCUT2D eigenvalue weighted by Crippen LogP contribution is 2.42. The molecule has 2 fully saturated rings. The van der Waals surface area contributed by atoms with E-state index in [4.69, 9.17) is 0 Å². The summed E-state index contributed by atoms with van der Waals surface area (Å²) in [5.74, 6) is -0.891. The molecule has 184 valence electrons. The summed E-state index contributed by atoms with van der Waals surface area (Å²) in [6.07, 6.45) is -3.93. The average Bonchev–Trinajstić information content (AvgIpc) is 3.36. The first-order valence-electron chi connectivity index (χ1n) is 10.2. The van der Waals surface area contributed by atoms with Crippen molar-refractivity contribution < 1.29 is 34.9 Å². The number of halogens is 3. The van der Waals surface area contributed by atoms with Crippen LogP contribution in [-0.4, -0.2) is 39.7 Å². The number of benzene rings is 2. The molecular formula is C20H20F3N3O6S2. The van der Waals surface area contributed by atoms with Crippen molar-refractivity contribution in [2.24, 2.45) is 11.8 Å². The van der Waals surface area contributed by atoms with Crippen molar-refractivity contribution in [3.63, 3.8) is 0 Å². The lowest BCUT2D eigenvalue weighted by Gasteiger charge is -2.21. The third kappa shape index (κ3) is 4.42. The molecule has 2 N–H and O–H groups in total. The molecule has 4 atom stereocenters. The number of hydrogen-bond donors (Lipinski definition) is 2. The number of fused-ring (bicyclic) bond motifs is 1. The molecule has 9 nitrogen and oxygen atoms in total. The molecule has 2 aliphatic rings. The Bertz CT molecular complexity index is 1310. The van der Waals surface area contributed by atoms with Gasteiger partial charge in [-0.05, 0) is 55.0 Å². The molecule has 1 aliphatic carbocycles. The van der Waals surface area contributed by atoms with Gasteiger partial charge in [-0.3, -0.25) is 10.1 Å². The predicted molar refractivity (Wildman–Crippen MR) is 114 cm³/mol. The first-order valence-corrected chi connectivity index (χ1v) is 13.3. The van der Waals surface area contributed by atoms with Crippen LogP contribution in [0.1, 0.15) is 18.4 Å². The molecule has 0 radical (unpaired) electrons. The molecule has 1 heterocycles. The summed E-state index contributed by atoms with van der Waals surface area (Å²) < 4.78 is 92.9. The molecule has 0 bridgehead atoms. The van der Waals surface area contributed by atoms with E-state index in [1.165, 1.54) is 12.1 Å². The largest absolute Gasteiger partial charge is 0.416 e. The van der Waals surface area contributed by atoms with E-state index in [9.17, 15) is 40.1 Å². The monoisotopic (exact) mass is 519 g/mol. The molecule has 0 amide bonds. The molecule has 1 saturated heterocycles. The number of nitro groups is 1. The minimum absolute atomic E-state index is 0.166. The lowest BCUT2D eigenvalue weighted by Crippen LogP contribution is -2.39. The van der Waals surface area contributed by atoms with Crippen molar-refractivity contribution in [1.29, 1.82) is 0 Å². The van der Waals surface area contributed by atoms with Gasteiger partial charge in [0, 0.05) is 18.7 Å². The van der Waals surface area contributed by atoms with Crippen LogP contribution in [0.15, 0.2) is 58.3 Å². The van der Waals surface area contributed by atoms with E-state index in [2.05, 4.69) is 10.0 Å². The van der Waals surface area contributed by atoms with Crippen molar-refractivity contribution in [3.05, 3.63) is 64.2 Å². The van der Waals surface area contributed by atoms with Crippen LogP contribution in [0, 0.1) is 22.0 Å². The normalized spacial score (nSPS) is 25.3. The average molecular weight is 520 g/mol. The summed E-state index contributed by atoms with van der Waals surface area (Å²) in [6, 6.07) is 7.50. The molecule has 0 spiro atoms. The Balaban J connectivity index is 1.53. The Hall–Kier alpha value is -2.55. The van der Waals surface area contributed by atoms with Gasteiger partial charge in [0.05, 0.1) is 15.4 Å².